The molecule has 1 amide bonds. The van der Waals surface area contributed by atoms with Crippen LogP contribution in [-0.4, -0.2) is 70.1 Å². The van der Waals surface area contributed by atoms with Gasteiger partial charge >= 0.3 is 0 Å². The van der Waals surface area contributed by atoms with E-state index in [1.54, 1.807) is 11.1 Å². The van der Waals surface area contributed by atoms with E-state index in [1.807, 2.05) is 56.3 Å². The summed E-state index contributed by atoms with van der Waals surface area (Å²) in [4.78, 5) is 25.4. The van der Waals surface area contributed by atoms with E-state index in [0.29, 0.717) is 43.1 Å². The van der Waals surface area contributed by atoms with Gasteiger partial charge in [0, 0.05) is 24.8 Å². The number of aromatic nitrogens is 2. The Morgan fingerprint density at radius 1 is 1.32 bits per heavy atom. The van der Waals surface area contributed by atoms with E-state index >= 15 is 0 Å². The van der Waals surface area contributed by atoms with Gasteiger partial charge in [0.05, 0.1) is 23.4 Å². The molecule has 25 heavy (non-hydrogen) atoms. The SMILES string of the molecule is Cc1ncc(C(=O)N2CC[C@](O)(CN(C)C)C2)c(-c2ccccc2)n1. The average molecular weight is 340 g/mol. The normalized spacial score (nSPS) is 20.3. The van der Waals surface area contributed by atoms with E-state index in [9.17, 15) is 9.90 Å². The second-order valence-electron chi connectivity index (χ2n) is 6.98. The Labute approximate surface area is 148 Å². The molecule has 1 atom stereocenters. The molecule has 2 heterocycles. The van der Waals surface area contributed by atoms with Crippen LogP contribution in [0.25, 0.3) is 11.3 Å². The number of aliphatic hydroxyl groups is 1. The fourth-order valence-corrected chi connectivity index (χ4v) is 3.36. The number of β-amino-alcohol motifs (C(OH)–C–C–N with tert-alkyl or cyclic N) is 1. The highest BCUT2D eigenvalue weighted by Gasteiger charge is 2.39. The highest BCUT2D eigenvalue weighted by atomic mass is 16.3. The van der Waals surface area contributed by atoms with Crippen LogP contribution in [0.5, 0.6) is 0 Å². The minimum Gasteiger partial charge on any atom is -0.387 e. The molecule has 1 aromatic heterocycles. The highest BCUT2D eigenvalue weighted by Crippen LogP contribution is 2.27. The first-order chi connectivity index (χ1) is 11.9. The van der Waals surface area contributed by atoms with E-state index in [2.05, 4.69) is 9.97 Å². The first-order valence-corrected chi connectivity index (χ1v) is 8.43. The van der Waals surface area contributed by atoms with Crippen molar-refractivity contribution in [3.63, 3.8) is 0 Å². The van der Waals surface area contributed by atoms with Crippen molar-refractivity contribution in [1.29, 1.82) is 0 Å². The Morgan fingerprint density at radius 3 is 2.72 bits per heavy atom. The molecule has 132 valence electrons. The minimum atomic E-state index is -0.863. The molecule has 1 aliphatic rings. The standard InChI is InChI=1S/C19H24N4O2/c1-14-20-11-16(17(21-14)15-7-5-4-6-8-15)18(24)23-10-9-19(25,13-23)12-22(2)3/h4-8,11,25H,9-10,12-13H2,1-3H3/t19-/m0/s1. The summed E-state index contributed by atoms with van der Waals surface area (Å²) in [6, 6.07) is 9.65. The molecular weight excluding hydrogens is 316 g/mol. The molecule has 0 saturated carbocycles. The monoisotopic (exact) mass is 340 g/mol. The minimum absolute atomic E-state index is 0.131. The fourth-order valence-electron chi connectivity index (χ4n) is 3.36. The second kappa shape index (κ2) is 6.90. The van der Waals surface area contributed by atoms with Crippen molar-refractivity contribution in [3.05, 3.63) is 47.9 Å². The van der Waals surface area contributed by atoms with Gasteiger partial charge in [0.25, 0.3) is 5.91 Å². The van der Waals surface area contributed by atoms with Crippen LogP contribution in [0, 0.1) is 6.92 Å². The topological polar surface area (TPSA) is 69.6 Å². The van der Waals surface area contributed by atoms with Gasteiger partial charge in [0.2, 0.25) is 0 Å². The van der Waals surface area contributed by atoms with Gasteiger partial charge in [0.1, 0.15) is 5.82 Å². The zero-order valence-corrected chi connectivity index (χ0v) is 14.9. The third kappa shape index (κ3) is 3.86. The molecule has 1 aliphatic heterocycles. The summed E-state index contributed by atoms with van der Waals surface area (Å²) in [6.07, 6.45) is 2.17. The number of hydrogen-bond acceptors (Lipinski definition) is 5. The van der Waals surface area contributed by atoms with Crippen LogP contribution in [0.15, 0.2) is 36.5 Å². The Hall–Kier alpha value is -2.31. The highest BCUT2D eigenvalue weighted by molar-refractivity contribution is 5.99. The number of nitrogens with zero attached hydrogens (tertiary/aromatic N) is 4. The van der Waals surface area contributed by atoms with Gasteiger partial charge in [0.15, 0.2) is 0 Å². The number of carbonyl (C=O) groups is 1. The predicted octanol–water partition coefficient (Wildman–Crippen LogP) is 1.59. The lowest BCUT2D eigenvalue weighted by atomic mass is 10.0. The smallest absolute Gasteiger partial charge is 0.257 e. The number of likely N-dealkylation sites (N-methyl/N-ethyl adjacent to an activating group) is 1. The van der Waals surface area contributed by atoms with Crippen molar-refractivity contribution in [1.82, 2.24) is 19.8 Å². The van der Waals surface area contributed by atoms with E-state index in [1.165, 1.54) is 0 Å². The first kappa shape index (κ1) is 17.5. The van der Waals surface area contributed by atoms with Crippen molar-refractivity contribution >= 4 is 5.91 Å². The fraction of sp³-hybridized carbons (Fsp3) is 0.421. The van der Waals surface area contributed by atoms with Crippen LogP contribution in [0.1, 0.15) is 22.6 Å². The van der Waals surface area contributed by atoms with Crippen LogP contribution in [0.4, 0.5) is 0 Å². The van der Waals surface area contributed by atoms with E-state index in [4.69, 9.17) is 0 Å². The molecule has 0 spiro atoms. The van der Waals surface area contributed by atoms with Crippen LogP contribution in [-0.2, 0) is 0 Å². The number of hydrogen-bond donors (Lipinski definition) is 1. The van der Waals surface area contributed by atoms with Gasteiger partial charge in [-0.25, -0.2) is 9.97 Å². The van der Waals surface area contributed by atoms with Crippen molar-refractivity contribution in [3.8, 4) is 11.3 Å². The molecule has 0 unspecified atom stereocenters. The predicted molar refractivity (Wildman–Crippen MR) is 96.2 cm³/mol. The summed E-state index contributed by atoms with van der Waals surface area (Å²) < 4.78 is 0. The van der Waals surface area contributed by atoms with Crippen molar-refractivity contribution in [2.24, 2.45) is 0 Å². The van der Waals surface area contributed by atoms with Crippen LogP contribution in [0.2, 0.25) is 0 Å². The summed E-state index contributed by atoms with van der Waals surface area (Å²) in [7, 11) is 3.84. The van der Waals surface area contributed by atoms with E-state index in [-0.39, 0.29) is 5.91 Å². The Bertz CT molecular complexity index is 763. The molecule has 1 aromatic carbocycles. The van der Waals surface area contributed by atoms with Gasteiger partial charge in [-0.3, -0.25) is 4.79 Å². The van der Waals surface area contributed by atoms with Crippen molar-refractivity contribution in [2.45, 2.75) is 18.9 Å². The summed E-state index contributed by atoms with van der Waals surface area (Å²) in [5, 5.41) is 10.7. The summed E-state index contributed by atoms with van der Waals surface area (Å²) in [6.45, 7) is 3.20. The molecule has 0 aliphatic carbocycles. The Kier molecular flexibility index (Phi) is 4.83. The van der Waals surface area contributed by atoms with Gasteiger partial charge in [-0.15, -0.1) is 0 Å². The zero-order chi connectivity index (χ0) is 18.0. The molecule has 1 fully saturated rings. The van der Waals surface area contributed by atoms with E-state index < -0.39 is 5.60 Å². The molecule has 0 bridgehead atoms. The maximum Gasteiger partial charge on any atom is 0.257 e. The maximum absolute atomic E-state index is 13.0. The Morgan fingerprint density at radius 2 is 2.04 bits per heavy atom. The summed E-state index contributed by atoms with van der Waals surface area (Å²) in [5.74, 6) is 0.495. The quantitative estimate of drug-likeness (QED) is 0.915. The van der Waals surface area contributed by atoms with Crippen molar-refractivity contribution in [2.75, 3.05) is 33.7 Å². The van der Waals surface area contributed by atoms with Gasteiger partial charge in [-0.2, -0.15) is 0 Å². The number of carbonyl (C=O) groups excluding carboxylic acids is 1. The summed E-state index contributed by atoms with van der Waals surface area (Å²) in [5.41, 5.74) is 1.14. The Balaban J connectivity index is 1.89. The van der Waals surface area contributed by atoms with Crippen LogP contribution in [0.3, 0.4) is 0 Å². The molecule has 3 rings (SSSR count). The molecule has 0 radical (unpaired) electrons. The number of amides is 1. The lowest BCUT2D eigenvalue weighted by molar-refractivity contribution is 0.0236. The van der Waals surface area contributed by atoms with Gasteiger partial charge in [-0.05, 0) is 27.4 Å². The first-order valence-electron chi connectivity index (χ1n) is 8.43. The number of aryl methyl sites for hydroxylation is 1. The van der Waals surface area contributed by atoms with Gasteiger partial charge in [-0.1, -0.05) is 30.3 Å². The number of rotatable bonds is 4. The lowest BCUT2D eigenvalue weighted by Crippen LogP contribution is -2.43. The van der Waals surface area contributed by atoms with Crippen molar-refractivity contribution < 1.29 is 9.90 Å². The molecule has 6 nitrogen and oxygen atoms in total. The number of benzene rings is 1. The average Bonchev–Trinajstić information content (AvgIpc) is 2.96. The van der Waals surface area contributed by atoms with Crippen LogP contribution >= 0.6 is 0 Å². The third-order valence-corrected chi connectivity index (χ3v) is 4.42. The number of likely N-dealkylation sites (tertiary alicyclic amines) is 1. The lowest BCUT2D eigenvalue weighted by Gasteiger charge is -2.26. The zero-order valence-electron chi connectivity index (χ0n) is 14.9. The molecule has 6 heteroatoms. The maximum atomic E-state index is 13.0. The van der Waals surface area contributed by atoms with E-state index in [0.717, 1.165) is 5.56 Å². The largest absolute Gasteiger partial charge is 0.387 e. The molecular formula is C19H24N4O2. The molecule has 2 aromatic rings. The van der Waals surface area contributed by atoms with Crippen LogP contribution < -0.4 is 0 Å². The molecule has 1 saturated heterocycles. The van der Waals surface area contributed by atoms with Gasteiger partial charge < -0.3 is 14.9 Å². The third-order valence-electron chi connectivity index (χ3n) is 4.42. The molecule has 1 N–H and O–H groups in total. The second-order valence-corrected chi connectivity index (χ2v) is 6.98. The summed E-state index contributed by atoms with van der Waals surface area (Å²) >= 11 is 0.